The van der Waals surface area contributed by atoms with E-state index in [1.54, 1.807) is 4.90 Å². The first kappa shape index (κ1) is 14.4. The minimum Gasteiger partial charge on any atom is -0.449 e. The van der Waals surface area contributed by atoms with Crippen LogP contribution in [-0.4, -0.2) is 35.8 Å². The fourth-order valence-corrected chi connectivity index (χ4v) is 3.65. The predicted molar refractivity (Wildman–Crippen MR) is 79.8 cm³/mol. The lowest BCUT2D eigenvalue weighted by molar-refractivity contribution is -0.188. The molecule has 1 saturated carbocycles. The summed E-state index contributed by atoms with van der Waals surface area (Å²) in [6.45, 7) is 4.01. The molecule has 0 unspecified atom stereocenters. The van der Waals surface area contributed by atoms with E-state index < -0.39 is 5.60 Å². The first-order valence-corrected chi connectivity index (χ1v) is 7.77. The minimum absolute atomic E-state index is 0.106. The second-order valence-corrected chi connectivity index (χ2v) is 6.58. The Morgan fingerprint density at radius 1 is 1.29 bits per heavy atom. The first-order chi connectivity index (χ1) is 10.1. The van der Waals surface area contributed by atoms with Crippen LogP contribution >= 0.6 is 0 Å². The molecular formula is C17H23NO3. The van der Waals surface area contributed by atoms with Crippen LogP contribution in [0.4, 0.5) is 4.79 Å². The van der Waals surface area contributed by atoms with Crippen LogP contribution in [0.25, 0.3) is 0 Å². The number of hydrogen-bond donors (Lipinski definition) is 1. The number of aliphatic hydroxyl groups is 1. The second-order valence-electron chi connectivity index (χ2n) is 6.58. The fourth-order valence-electron chi connectivity index (χ4n) is 3.65. The summed E-state index contributed by atoms with van der Waals surface area (Å²) in [6.07, 6.45) is 3.22. The minimum atomic E-state index is -0.709. The number of hydrogen-bond acceptors (Lipinski definition) is 3. The van der Waals surface area contributed by atoms with Crippen LogP contribution in [0.2, 0.25) is 0 Å². The molecular weight excluding hydrogens is 266 g/mol. The Balaban J connectivity index is 1.48. The summed E-state index contributed by atoms with van der Waals surface area (Å²) < 4.78 is 5.21. The normalized spacial score (nSPS) is 21.5. The standard InChI is InChI=1S/C17H23NO3/c1-2-3-9-21-15(19)18-12-16(13-18)10-17(20,11-16)14-7-5-4-6-8-14/h4-8,20H,2-3,9-13H2,1H3. The van der Waals surface area contributed by atoms with Gasteiger partial charge in [-0.3, -0.25) is 0 Å². The number of amides is 1. The van der Waals surface area contributed by atoms with Crippen molar-refractivity contribution in [1.29, 1.82) is 0 Å². The van der Waals surface area contributed by atoms with Crippen molar-refractivity contribution in [2.45, 2.75) is 38.2 Å². The van der Waals surface area contributed by atoms with Gasteiger partial charge in [0.25, 0.3) is 0 Å². The molecule has 0 radical (unpaired) electrons. The molecule has 2 aliphatic rings. The number of likely N-dealkylation sites (tertiary alicyclic amines) is 1. The lowest BCUT2D eigenvalue weighted by atomic mass is 9.53. The van der Waals surface area contributed by atoms with E-state index in [1.807, 2.05) is 30.3 Å². The third-order valence-electron chi connectivity index (χ3n) is 4.68. The van der Waals surface area contributed by atoms with Gasteiger partial charge in [-0.25, -0.2) is 4.79 Å². The van der Waals surface area contributed by atoms with Gasteiger partial charge in [0, 0.05) is 18.5 Å². The topological polar surface area (TPSA) is 49.8 Å². The van der Waals surface area contributed by atoms with Gasteiger partial charge in [0.1, 0.15) is 0 Å². The number of carbonyl (C=O) groups is 1. The molecule has 1 N–H and O–H groups in total. The third kappa shape index (κ3) is 2.64. The summed E-state index contributed by atoms with van der Waals surface area (Å²) in [4.78, 5) is 13.6. The molecule has 0 atom stereocenters. The highest BCUT2D eigenvalue weighted by molar-refractivity contribution is 5.69. The largest absolute Gasteiger partial charge is 0.449 e. The van der Waals surface area contributed by atoms with E-state index in [9.17, 15) is 9.90 Å². The number of nitrogens with zero attached hydrogens (tertiary/aromatic N) is 1. The van der Waals surface area contributed by atoms with Crippen molar-refractivity contribution in [2.24, 2.45) is 5.41 Å². The van der Waals surface area contributed by atoms with Crippen LogP contribution in [0.15, 0.2) is 30.3 Å². The van der Waals surface area contributed by atoms with Crippen molar-refractivity contribution < 1.29 is 14.6 Å². The van der Waals surface area contributed by atoms with Crippen molar-refractivity contribution in [2.75, 3.05) is 19.7 Å². The molecule has 2 fully saturated rings. The Morgan fingerprint density at radius 2 is 1.95 bits per heavy atom. The van der Waals surface area contributed by atoms with Crippen LogP contribution in [-0.2, 0) is 10.3 Å². The van der Waals surface area contributed by atoms with Gasteiger partial charge in [-0.15, -0.1) is 0 Å². The summed E-state index contributed by atoms with van der Waals surface area (Å²) in [5.41, 5.74) is 0.382. The molecule has 1 aromatic carbocycles. The molecule has 114 valence electrons. The lowest BCUT2D eigenvalue weighted by Gasteiger charge is -2.62. The highest BCUT2D eigenvalue weighted by Crippen LogP contribution is 2.58. The van der Waals surface area contributed by atoms with Gasteiger partial charge in [0.15, 0.2) is 0 Å². The Bertz CT molecular complexity index is 500. The molecule has 1 saturated heterocycles. The van der Waals surface area contributed by atoms with Crippen LogP contribution in [0, 0.1) is 5.41 Å². The molecule has 0 aromatic heterocycles. The summed E-state index contributed by atoms with van der Waals surface area (Å²) in [7, 11) is 0. The molecule has 1 amide bonds. The second kappa shape index (κ2) is 5.34. The van der Waals surface area contributed by atoms with E-state index in [-0.39, 0.29) is 11.5 Å². The van der Waals surface area contributed by atoms with E-state index in [1.165, 1.54) is 0 Å². The van der Waals surface area contributed by atoms with E-state index in [2.05, 4.69) is 6.92 Å². The van der Waals surface area contributed by atoms with E-state index in [0.29, 0.717) is 19.7 Å². The lowest BCUT2D eigenvalue weighted by Crippen LogP contribution is -2.68. The first-order valence-electron chi connectivity index (χ1n) is 7.77. The van der Waals surface area contributed by atoms with Crippen LogP contribution < -0.4 is 0 Å². The van der Waals surface area contributed by atoms with Crippen molar-refractivity contribution in [3.63, 3.8) is 0 Å². The average molecular weight is 289 g/mol. The van der Waals surface area contributed by atoms with Crippen molar-refractivity contribution in [3.8, 4) is 0 Å². The predicted octanol–water partition coefficient (Wildman–Crippen LogP) is 2.91. The Labute approximate surface area is 125 Å². The summed E-state index contributed by atoms with van der Waals surface area (Å²) in [6, 6.07) is 9.82. The highest BCUT2D eigenvalue weighted by atomic mass is 16.6. The maximum atomic E-state index is 11.8. The number of rotatable bonds is 4. The molecule has 1 spiro atoms. The molecule has 3 rings (SSSR count). The van der Waals surface area contributed by atoms with Gasteiger partial charge in [-0.05, 0) is 24.8 Å². The quantitative estimate of drug-likeness (QED) is 0.867. The molecule has 1 aliphatic heterocycles. The third-order valence-corrected chi connectivity index (χ3v) is 4.68. The fraction of sp³-hybridized carbons (Fsp3) is 0.588. The van der Waals surface area contributed by atoms with Gasteiger partial charge in [-0.1, -0.05) is 43.7 Å². The molecule has 1 aromatic rings. The monoisotopic (exact) mass is 289 g/mol. The Kier molecular flexibility index (Phi) is 3.66. The summed E-state index contributed by atoms with van der Waals surface area (Å²) >= 11 is 0. The molecule has 1 aliphatic carbocycles. The maximum Gasteiger partial charge on any atom is 0.409 e. The Morgan fingerprint density at radius 3 is 2.57 bits per heavy atom. The van der Waals surface area contributed by atoms with E-state index in [0.717, 1.165) is 31.2 Å². The van der Waals surface area contributed by atoms with Gasteiger partial charge < -0.3 is 14.7 Å². The van der Waals surface area contributed by atoms with Gasteiger partial charge >= 0.3 is 6.09 Å². The van der Waals surface area contributed by atoms with Gasteiger partial charge in [0.05, 0.1) is 12.2 Å². The number of ether oxygens (including phenoxy) is 1. The van der Waals surface area contributed by atoms with Crippen LogP contribution in [0.1, 0.15) is 38.2 Å². The molecule has 1 heterocycles. The molecule has 21 heavy (non-hydrogen) atoms. The summed E-state index contributed by atoms with van der Waals surface area (Å²) in [5, 5.41) is 10.6. The highest BCUT2D eigenvalue weighted by Gasteiger charge is 2.61. The zero-order valence-electron chi connectivity index (χ0n) is 12.5. The van der Waals surface area contributed by atoms with Crippen LogP contribution in [0.3, 0.4) is 0 Å². The number of unbranched alkanes of at least 4 members (excludes halogenated alkanes) is 1. The van der Waals surface area contributed by atoms with Gasteiger partial charge in [0.2, 0.25) is 0 Å². The number of benzene rings is 1. The van der Waals surface area contributed by atoms with E-state index in [4.69, 9.17) is 4.74 Å². The maximum absolute atomic E-state index is 11.8. The zero-order chi connectivity index (χ0) is 14.9. The SMILES string of the molecule is CCCCOC(=O)N1CC2(C1)CC(O)(c1ccccc1)C2. The van der Waals surface area contributed by atoms with Crippen molar-refractivity contribution in [1.82, 2.24) is 4.90 Å². The number of carbonyl (C=O) groups excluding carboxylic acids is 1. The average Bonchev–Trinajstić information content (AvgIpc) is 2.42. The zero-order valence-corrected chi connectivity index (χ0v) is 12.5. The smallest absolute Gasteiger partial charge is 0.409 e. The van der Waals surface area contributed by atoms with Crippen molar-refractivity contribution in [3.05, 3.63) is 35.9 Å². The van der Waals surface area contributed by atoms with E-state index >= 15 is 0 Å². The molecule has 4 heteroatoms. The van der Waals surface area contributed by atoms with Crippen molar-refractivity contribution >= 4 is 6.09 Å². The molecule has 4 nitrogen and oxygen atoms in total. The molecule has 0 bridgehead atoms. The summed E-state index contributed by atoms with van der Waals surface area (Å²) in [5.74, 6) is 0. The Hall–Kier alpha value is -1.55. The van der Waals surface area contributed by atoms with Crippen LogP contribution in [0.5, 0.6) is 0 Å². The van der Waals surface area contributed by atoms with Gasteiger partial charge in [-0.2, -0.15) is 0 Å².